The third kappa shape index (κ3) is 1.80. The van der Waals surface area contributed by atoms with E-state index >= 15 is 0 Å². The van der Waals surface area contributed by atoms with Crippen LogP contribution in [-0.4, -0.2) is 16.2 Å². The molecule has 1 rings (SSSR count). The Morgan fingerprint density at radius 3 is 2.43 bits per heavy atom. The van der Waals surface area contributed by atoms with Gasteiger partial charge in [-0.15, -0.1) is 0 Å². The van der Waals surface area contributed by atoms with Crippen LogP contribution in [0.25, 0.3) is 0 Å². The largest absolute Gasteiger partial charge is 0.507 e. The predicted octanol–water partition coefficient (Wildman–Crippen LogP) is 0.755. The van der Waals surface area contributed by atoms with Gasteiger partial charge in [-0.3, -0.25) is 4.79 Å². The van der Waals surface area contributed by atoms with Crippen LogP contribution in [0.15, 0.2) is 12.1 Å². The van der Waals surface area contributed by atoms with Crippen molar-refractivity contribution < 1.29 is 23.8 Å². The van der Waals surface area contributed by atoms with Crippen molar-refractivity contribution in [3.8, 4) is 5.75 Å². The van der Waals surface area contributed by atoms with Crippen LogP contribution in [0.5, 0.6) is 5.75 Å². The molecular weight excluding hydrogens is 196 g/mol. The van der Waals surface area contributed by atoms with Gasteiger partial charge in [-0.2, -0.15) is 0 Å². The number of carboxylic acids is 1. The summed E-state index contributed by atoms with van der Waals surface area (Å²) >= 11 is 0. The van der Waals surface area contributed by atoms with Crippen molar-refractivity contribution in [3.63, 3.8) is 0 Å². The molecule has 0 aliphatic rings. The van der Waals surface area contributed by atoms with Gasteiger partial charge in [0.25, 0.3) is 0 Å². The average Bonchev–Trinajstić information content (AvgIpc) is 2.01. The van der Waals surface area contributed by atoms with Gasteiger partial charge in [-0.05, 0) is 0 Å². The van der Waals surface area contributed by atoms with Gasteiger partial charge in [0.15, 0.2) is 0 Å². The van der Waals surface area contributed by atoms with Crippen LogP contribution in [0.1, 0.15) is 11.6 Å². The van der Waals surface area contributed by atoms with Crippen LogP contribution in [0.2, 0.25) is 0 Å². The standard InChI is InChI=1S/C8H7F2NO3/c9-3-1-4(10)6(5(12)2-3)7(11)8(13)14/h1-2,7,12H,11H2,(H,13,14). The highest BCUT2D eigenvalue weighted by molar-refractivity contribution is 5.76. The summed E-state index contributed by atoms with van der Waals surface area (Å²) < 4.78 is 25.5. The summed E-state index contributed by atoms with van der Waals surface area (Å²) in [6.45, 7) is 0. The van der Waals surface area contributed by atoms with Gasteiger partial charge in [-0.25, -0.2) is 8.78 Å². The molecule has 0 aliphatic heterocycles. The zero-order valence-corrected chi connectivity index (χ0v) is 6.87. The Kier molecular flexibility index (Phi) is 2.66. The van der Waals surface area contributed by atoms with Crippen molar-refractivity contribution in [2.24, 2.45) is 5.73 Å². The third-order valence-corrected chi connectivity index (χ3v) is 1.65. The van der Waals surface area contributed by atoms with Gasteiger partial charge >= 0.3 is 5.97 Å². The first-order chi connectivity index (χ1) is 6.43. The highest BCUT2D eigenvalue weighted by atomic mass is 19.1. The Balaban J connectivity index is 3.27. The highest BCUT2D eigenvalue weighted by Gasteiger charge is 2.23. The summed E-state index contributed by atoms with van der Waals surface area (Å²) in [6.07, 6.45) is 0. The third-order valence-electron chi connectivity index (χ3n) is 1.65. The number of phenolic OH excluding ortho intramolecular Hbond substituents is 1. The number of aliphatic carboxylic acids is 1. The molecule has 1 aromatic carbocycles. The van der Waals surface area contributed by atoms with Crippen molar-refractivity contribution in [1.29, 1.82) is 0 Å². The van der Waals surface area contributed by atoms with Crippen LogP contribution < -0.4 is 5.73 Å². The minimum absolute atomic E-state index is 0.456. The minimum Gasteiger partial charge on any atom is -0.507 e. The number of carbonyl (C=O) groups is 1. The van der Waals surface area contributed by atoms with Crippen molar-refractivity contribution in [2.75, 3.05) is 0 Å². The normalized spacial score (nSPS) is 12.5. The molecule has 1 unspecified atom stereocenters. The zero-order valence-electron chi connectivity index (χ0n) is 6.87. The Morgan fingerprint density at radius 1 is 1.43 bits per heavy atom. The van der Waals surface area contributed by atoms with Crippen LogP contribution >= 0.6 is 0 Å². The SMILES string of the molecule is NC(C(=O)O)c1c(O)cc(F)cc1F. The molecule has 0 aliphatic carbocycles. The van der Waals surface area contributed by atoms with E-state index in [4.69, 9.17) is 15.9 Å². The number of hydrogen-bond donors (Lipinski definition) is 3. The molecular formula is C8H7F2NO3. The van der Waals surface area contributed by atoms with E-state index in [1.807, 2.05) is 0 Å². The molecule has 4 N–H and O–H groups in total. The molecule has 0 fully saturated rings. The molecule has 1 aromatic rings. The molecule has 4 nitrogen and oxygen atoms in total. The van der Waals surface area contributed by atoms with Gasteiger partial charge in [0.2, 0.25) is 0 Å². The maximum Gasteiger partial charge on any atom is 0.325 e. The smallest absolute Gasteiger partial charge is 0.325 e. The number of halogens is 2. The number of rotatable bonds is 2. The number of aromatic hydroxyl groups is 1. The summed E-state index contributed by atoms with van der Waals surface area (Å²) in [5.41, 5.74) is 4.44. The second kappa shape index (κ2) is 3.59. The van der Waals surface area contributed by atoms with Gasteiger partial charge < -0.3 is 15.9 Å². The van der Waals surface area contributed by atoms with Gasteiger partial charge in [0, 0.05) is 12.1 Å². The lowest BCUT2D eigenvalue weighted by molar-refractivity contribution is -0.138. The Hall–Kier alpha value is -1.69. The van der Waals surface area contributed by atoms with E-state index in [0.717, 1.165) is 0 Å². The number of carboxylic acid groups (broad SMARTS) is 1. The van der Waals surface area contributed by atoms with Crippen LogP contribution in [0, 0.1) is 11.6 Å². The monoisotopic (exact) mass is 203 g/mol. The Labute approximate surface area is 77.6 Å². The summed E-state index contributed by atoms with van der Waals surface area (Å²) in [5.74, 6) is -4.50. The second-order valence-corrected chi connectivity index (χ2v) is 2.64. The van der Waals surface area contributed by atoms with E-state index in [0.29, 0.717) is 12.1 Å². The molecule has 0 spiro atoms. The van der Waals surface area contributed by atoms with Crippen LogP contribution in [0.4, 0.5) is 8.78 Å². The topological polar surface area (TPSA) is 83.6 Å². The zero-order chi connectivity index (χ0) is 10.9. The van der Waals surface area contributed by atoms with Gasteiger partial charge in [0.1, 0.15) is 23.4 Å². The molecule has 6 heteroatoms. The fourth-order valence-corrected chi connectivity index (χ4v) is 1.00. The van der Waals surface area contributed by atoms with Crippen molar-refractivity contribution >= 4 is 5.97 Å². The summed E-state index contributed by atoms with van der Waals surface area (Å²) in [5, 5.41) is 17.5. The lowest BCUT2D eigenvalue weighted by Gasteiger charge is -2.09. The molecule has 0 aromatic heterocycles. The number of nitrogens with two attached hydrogens (primary N) is 1. The fraction of sp³-hybridized carbons (Fsp3) is 0.125. The molecule has 1 atom stereocenters. The fourth-order valence-electron chi connectivity index (χ4n) is 1.00. The number of hydrogen-bond acceptors (Lipinski definition) is 3. The van der Waals surface area contributed by atoms with E-state index in [-0.39, 0.29) is 0 Å². The van der Waals surface area contributed by atoms with E-state index in [2.05, 4.69) is 0 Å². The Bertz CT molecular complexity index is 358. The molecule has 0 heterocycles. The molecule has 0 amide bonds. The van der Waals surface area contributed by atoms with E-state index in [9.17, 15) is 13.6 Å². The first-order valence-electron chi connectivity index (χ1n) is 3.59. The molecule has 0 radical (unpaired) electrons. The molecule has 0 saturated carbocycles. The predicted molar refractivity (Wildman–Crippen MR) is 42.6 cm³/mol. The van der Waals surface area contributed by atoms with E-state index in [1.165, 1.54) is 0 Å². The lowest BCUT2D eigenvalue weighted by atomic mass is 10.1. The van der Waals surface area contributed by atoms with Gasteiger partial charge in [0.05, 0.1) is 5.56 Å². The lowest BCUT2D eigenvalue weighted by Crippen LogP contribution is -2.22. The summed E-state index contributed by atoms with van der Waals surface area (Å²) in [6, 6.07) is -0.658. The van der Waals surface area contributed by atoms with E-state index < -0.39 is 35.0 Å². The molecule has 14 heavy (non-hydrogen) atoms. The van der Waals surface area contributed by atoms with Crippen molar-refractivity contribution in [2.45, 2.75) is 6.04 Å². The molecule has 76 valence electrons. The van der Waals surface area contributed by atoms with Crippen molar-refractivity contribution in [1.82, 2.24) is 0 Å². The Morgan fingerprint density at radius 2 is 2.00 bits per heavy atom. The minimum atomic E-state index is -1.71. The van der Waals surface area contributed by atoms with Crippen molar-refractivity contribution in [3.05, 3.63) is 29.3 Å². The van der Waals surface area contributed by atoms with Crippen LogP contribution in [-0.2, 0) is 4.79 Å². The van der Waals surface area contributed by atoms with E-state index in [1.54, 1.807) is 0 Å². The average molecular weight is 203 g/mol. The first-order valence-corrected chi connectivity index (χ1v) is 3.59. The first kappa shape index (κ1) is 10.4. The van der Waals surface area contributed by atoms with Crippen LogP contribution in [0.3, 0.4) is 0 Å². The number of phenols is 1. The maximum absolute atomic E-state index is 13.0. The number of benzene rings is 1. The van der Waals surface area contributed by atoms with Gasteiger partial charge in [-0.1, -0.05) is 0 Å². The molecule has 0 saturated heterocycles. The highest BCUT2D eigenvalue weighted by Crippen LogP contribution is 2.26. The maximum atomic E-state index is 13.0. The summed E-state index contributed by atoms with van der Waals surface area (Å²) in [4.78, 5) is 10.4. The molecule has 0 bridgehead atoms. The second-order valence-electron chi connectivity index (χ2n) is 2.64. The quantitative estimate of drug-likeness (QED) is 0.662. The summed E-state index contributed by atoms with van der Waals surface area (Å²) in [7, 11) is 0.